The van der Waals surface area contributed by atoms with Gasteiger partial charge in [-0.05, 0) is 31.4 Å². The highest BCUT2D eigenvalue weighted by Gasteiger charge is 2.10. The number of hydrogen-bond acceptors (Lipinski definition) is 3. The second kappa shape index (κ2) is 8.25. The Labute approximate surface area is 123 Å². The van der Waals surface area contributed by atoms with Crippen LogP contribution in [0.15, 0.2) is 35.2 Å². The maximum absolute atomic E-state index is 12.0. The molecule has 1 N–H and O–H groups in total. The van der Waals surface area contributed by atoms with E-state index in [0.717, 1.165) is 10.5 Å². The van der Waals surface area contributed by atoms with Gasteiger partial charge < -0.3 is 10.1 Å². The Morgan fingerprint density at radius 1 is 1.53 bits per heavy atom. The van der Waals surface area contributed by atoms with Gasteiger partial charge in [0.15, 0.2) is 0 Å². The molecule has 1 rings (SSSR count). The Kier molecular flexibility index (Phi) is 6.99. The van der Waals surface area contributed by atoms with Crippen LogP contribution in [0.4, 0.5) is 0 Å². The molecule has 0 atom stereocenters. The van der Waals surface area contributed by atoms with Gasteiger partial charge in [0, 0.05) is 11.4 Å². The van der Waals surface area contributed by atoms with Crippen LogP contribution >= 0.6 is 23.4 Å². The van der Waals surface area contributed by atoms with Gasteiger partial charge in [0.05, 0.1) is 23.8 Å². The van der Waals surface area contributed by atoms with Gasteiger partial charge in [-0.25, -0.2) is 0 Å². The summed E-state index contributed by atoms with van der Waals surface area (Å²) in [6.07, 6.45) is 1.95. The average molecular weight is 300 g/mol. The van der Waals surface area contributed by atoms with E-state index >= 15 is 0 Å². The van der Waals surface area contributed by atoms with Crippen LogP contribution in [0.3, 0.4) is 0 Å². The molecule has 0 aliphatic rings. The van der Waals surface area contributed by atoms with Crippen molar-refractivity contribution in [1.82, 2.24) is 5.32 Å². The predicted molar refractivity (Wildman–Crippen MR) is 81.2 cm³/mol. The van der Waals surface area contributed by atoms with Crippen molar-refractivity contribution in [2.24, 2.45) is 0 Å². The minimum absolute atomic E-state index is 0.181. The maximum Gasteiger partial charge on any atom is 0.252 e. The first-order valence-electron chi connectivity index (χ1n) is 5.88. The van der Waals surface area contributed by atoms with Crippen molar-refractivity contribution in [3.05, 3.63) is 40.9 Å². The summed E-state index contributed by atoms with van der Waals surface area (Å²) >= 11 is 7.59. The van der Waals surface area contributed by atoms with Crippen molar-refractivity contribution in [2.75, 3.05) is 26.0 Å². The van der Waals surface area contributed by atoms with Crippen molar-refractivity contribution >= 4 is 29.3 Å². The molecule has 0 bridgehead atoms. The molecular weight excluding hydrogens is 282 g/mol. The van der Waals surface area contributed by atoms with E-state index in [4.69, 9.17) is 16.3 Å². The fraction of sp³-hybridized carbons (Fsp3) is 0.357. The summed E-state index contributed by atoms with van der Waals surface area (Å²) in [5.41, 5.74) is 1.45. The topological polar surface area (TPSA) is 38.3 Å². The normalized spacial score (nSPS) is 10.3. The van der Waals surface area contributed by atoms with E-state index in [1.54, 1.807) is 23.9 Å². The quantitative estimate of drug-likeness (QED) is 0.476. The first kappa shape index (κ1) is 16.1. The van der Waals surface area contributed by atoms with Crippen LogP contribution in [-0.2, 0) is 4.74 Å². The molecule has 1 aromatic carbocycles. The molecule has 0 heterocycles. The Morgan fingerprint density at radius 2 is 2.26 bits per heavy atom. The Morgan fingerprint density at radius 3 is 2.89 bits per heavy atom. The van der Waals surface area contributed by atoms with E-state index in [9.17, 15) is 4.79 Å². The molecule has 5 heteroatoms. The highest BCUT2D eigenvalue weighted by Crippen LogP contribution is 2.22. The highest BCUT2D eigenvalue weighted by molar-refractivity contribution is 7.98. The number of hydrogen-bond donors (Lipinski definition) is 1. The first-order valence-corrected chi connectivity index (χ1v) is 7.48. The summed E-state index contributed by atoms with van der Waals surface area (Å²) in [4.78, 5) is 13.0. The fourth-order valence-corrected chi connectivity index (χ4v) is 2.03. The van der Waals surface area contributed by atoms with Crippen LogP contribution in [0.5, 0.6) is 0 Å². The molecule has 19 heavy (non-hydrogen) atoms. The molecule has 3 nitrogen and oxygen atoms in total. The summed E-state index contributed by atoms with van der Waals surface area (Å²) in [6.45, 7) is 7.05. The molecular formula is C14H18ClNO2S. The smallest absolute Gasteiger partial charge is 0.252 e. The standard InChI is InChI=1S/C14H18ClNO2S/c1-10(2)9-18-7-6-16-14(17)12-8-11(19-3)4-5-13(12)15/h4-5,8H,1,6-7,9H2,2-3H3,(H,16,17). The van der Waals surface area contributed by atoms with E-state index in [-0.39, 0.29) is 5.91 Å². The zero-order valence-corrected chi connectivity index (χ0v) is 12.7. The number of nitrogens with one attached hydrogen (secondary N) is 1. The molecule has 0 unspecified atom stereocenters. The maximum atomic E-state index is 12.0. The van der Waals surface area contributed by atoms with Crippen LogP contribution in [0.2, 0.25) is 5.02 Å². The number of halogens is 1. The number of amides is 1. The molecule has 0 saturated heterocycles. The summed E-state index contributed by atoms with van der Waals surface area (Å²) < 4.78 is 5.31. The predicted octanol–water partition coefficient (Wildman–Crippen LogP) is 3.38. The van der Waals surface area contributed by atoms with Crippen molar-refractivity contribution in [3.63, 3.8) is 0 Å². The largest absolute Gasteiger partial charge is 0.375 e. The number of thioether (sulfide) groups is 1. The summed E-state index contributed by atoms with van der Waals surface area (Å²) in [5, 5.41) is 3.23. The Bertz CT molecular complexity index is 463. The third kappa shape index (κ3) is 5.68. The van der Waals surface area contributed by atoms with Crippen molar-refractivity contribution in [3.8, 4) is 0 Å². The molecule has 0 radical (unpaired) electrons. The number of rotatable bonds is 7. The van der Waals surface area contributed by atoms with Crippen LogP contribution in [-0.4, -0.2) is 31.9 Å². The molecule has 1 aromatic rings. The minimum atomic E-state index is -0.181. The second-order valence-electron chi connectivity index (χ2n) is 4.11. The molecule has 0 aliphatic carbocycles. The zero-order valence-electron chi connectivity index (χ0n) is 11.2. The molecule has 0 spiro atoms. The van der Waals surface area contributed by atoms with Gasteiger partial charge in [0.1, 0.15) is 0 Å². The molecule has 0 aromatic heterocycles. The van der Waals surface area contributed by atoms with Crippen LogP contribution in [0.25, 0.3) is 0 Å². The van der Waals surface area contributed by atoms with Gasteiger partial charge in [-0.1, -0.05) is 23.8 Å². The van der Waals surface area contributed by atoms with E-state index in [0.29, 0.717) is 30.3 Å². The summed E-state index contributed by atoms with van der Waals surface area (Å²) in [6, 6.07) is 5.41. The third-order valence-corrected chi connectivity index (χ3v) is 3.35. The monoisotopic (exact) mass is 299 g/mol. The van der Waals surface area contributed by atoms with Crippen LogP contribution in [0, 0.1) is 0 Å². The lowest BCUT2D eigenvalue weighted by Gasteiger charge is -2.08. The second-order valence-corrected chi connectivity index (χ2v) is 5.40. The number of carbonyl (C=O) groups excluding carboxylic acids is 1. The molecule has 104 valence electrons. The SMILES string of the molecule is C=C(C)COCCNC(=O)c1cc(SC)ccc1Cl. The van der Waals surface area contributed by atoms with Gasteiger partial charge >= 0.3 is 0 Å². The highest BCUT2D eigenvalue weighted by atomic mass is 35.5. The van der Waals surface area contributed by atoms with Gasteiger partial charge in [-0.2, -0.15) is 0 Å². The lowest BCUT2D eigenvalue weighted by atomic mass is 10.2. The van der Waals surface area contributed by atoms with Crippen LogP contribution < -0.4 is 5.32 Å². The number of benzene rings is 1. The van der Waals surface area contributed by atoms with E-state index < -0.39 is 0 Å². The minimum Gasteiger partial charge on any atom is -0.375 e. The third-order valence-electron chi connectivity index (χ3n) is 2.30. The molecule has 1 amide bonds. The van der Waals surface area contributed by atoms with Crippen molar-refractivity contribution in [1.29, 1.82) is 0 Å². The van der Waals surface area contributed by atoms with Gasteiger partial charge in [-0.15, -0.1) is 11.8 Å². The van der Waals surface area contributed by atoms with E-state index in [1.165, 1.54) is 0 Å². The first-order chi connectivity index (χ1) is 9.04. The summed E-state index contributed by atoms with van der Waals surface area (Å²) in [7, 11) is 0. The lowest BCUT2D eigenvalue weighted by molar-refractivity contribution is 0.0926. The van der Waals surface area contributed by atoms with Crippen molar-refractivity contribution < 1.29 is 9.53 Å². The Balaban J connectivity index is 2.47. The number of ether oxygens (including phenoxy) is 1. The molecule has 0 aliphatic heterocycles. The molecule has 0 saturated carbocycles. The van der Waals surface area contributed by atoms with Gasteiger partial charge in [0.2, 0.25) is 0 Å². The Hall–Kier alpha value is -0.970. The van der Waals surface area contributed by atoms with Gasteiger partial charge in [0.25, 0.3) is 5.91 Å². The lowest BCUT2D eigenvalue weighted by Crippen LogP contribution is -2.27. The number of carbonyl (C=O) groups is 1. The summed E-state index contributed by atoms with van der Waals surface area (Å²) in [5.74, 6) is -0.181. The average Bonchev–Trinajstić information content (AvgIpc) is 2.38. The fourth-order valence-electron chi connectivity index (χ4n) is 1.38. The molecule has 0 fully saturated rings. The van der Waals surface area contributed by atoms with Crippen LogP contribution in [0.1, 0.15) is 17.3 Å². The van der Waals surface area contributed by atoms with Crippen molar-refractivity contribution in [2.45, 2.75) is 11.8 Å². The van der Waals surface area contributed by atoms with Gasteiger partial charge in [-0.3, -0.25) is 4.79 Å². The zero-order chi connectivity index (χ0) is 14.3. The van der Waals surface area contributed by atoms with E-state index in [2.05, 4.69) is 11.9 Å². The van der Waals surface area contributed by atoms with E-state index in [1.807, 2.05) is 19.2 Å².